The van der Waals surface area contributed by atoms with Crippen LogP contribution < -0.4 is 11.1 Å². The Kier molecular flexibility index (Phi) is 4.24. The fourth-order valence-electron chi connectivity index (χ4n) is 2.13. The number of hydrogen-bond acceptors (Lipinski definition) is 2. The molecule has 2 nitrogen and oxygen atoms in total. The zero-order valence-corrected chi connectivity index (χ0v) is 11.4. The third-order valence-corrected chi connectivity index (χ3v) is 3.12. The Morgan fingerprint density at radius 1 is 1.00 bits per heavy atom. The summed E-state index contributed by atoms with van der Waals surface area (Å²) in [5.74, 6) is 0.471. The first-order chi connectivity index (χ1) is 9.22. The molecule has 19 heavy (non-hydrogen) atoms. The van der Waals surface area contributed by atoms with Gasteiger partial charge in [-0.3, -0.25) is 0 Å². The van der Waals surface area contributed by atoms with Crippen LogP contribution >= 0.6 is 0 Å². The minimum Gasteiger partial charge on any atom is -0.403 e. The Hall–Kier alpha value is -2.22. The van der Waals surface area contributed by atoms with Crippen molar-refractivity contribution in [1.29, 1.82) is 0 Å². The van der Waals surface area contributed by atoms with Crippen LogP contribution in [0.1, 0.15) is 25.3 Å². The quantitative estimate of drug-likeness (QED) is 0.850. The van der Waals surface area contributed by atoms with Crippen LogP contribution in [0.2, 0.25) is 0 Å². The van der Waals surface area contributed by atoms with E-state index >= 15 is 0 Å². The summed E-state index contributed by atoms with van der Waals surface area (Å²) >= 11 is 0. The van der Waals surface area contributed by atoms with E-state index in [0.29, 0.717) is 5.92 Å². The van der Waals surface area contributed by atoms with Crippen molar-refractivity contribution in [2.45, 2.75) is 19.8 Å². The third kappa shape index (κ3) is 3.16. The second-order valence-electron chi connectivity index (χ2n) is 4.83. The van der Waals surface area contributed by atoms with E-state index in [1.54, 1.807) is 6.20 Å². The van der Waals surface area contributed by atoms with Crippen LogP contribution in [0.15, 0.2) is 60.9 Å². The second-order valence-corrected chi connectivity index (χ2v) is 4.83. The summed E-state index contributed by atoms with van der Waals surface area (Å²) in [6.45, 7) is 4.38. The molecule has 0 saturated carbocycles. The molecule has 0 spiro atoms. The molecule has 2 rings (SSSR count). The predicted molar refractivity (Wildman–Crippen MR) is 82.9 cm³/mol. The van der Waals surface area contributed by atoms with Crippen LogP contribution in [-0.2, 0) is 0 Å². The molecule has 0 fully saturated rings. The predicted octanol–water partition coefficient (Wildman–Crippen LogP) is 4.32. The van der Waals surface area contributed by atoms with Crippen molar-refractivity contribution >= 4 is 5.69 Å². The van der Waals surface area contributed by atoms with Crippen LogP contribution in [0.3, 0.4) is 0 Å². The van der Waals surface area contributed by atoms with E-state index in [1.165, 1.54) is 22.9 Å². The van der Waals surface area contributed by atoms with Gasteiger partial charge in [0.1, 0.15) is 0 Å². The molecule has 0 aliphatic carbocycles. The van der Waals surface area contributed by atoms with Crippen LogP contribution in [0.5, 0.6) is 0 Å². The highest BCUT2D eigenvalue weighted by atomic mass is 14.8. The lowest BCUT2D eigenvalue weighted by Gasteiger charge is -2.14. The summed E-state index contributed by atoms with van der Waals surface area (Å²) in [6, 6.07) is 16.9. The van der Waals surface area contributed by atoms with Gasteiger partial charge < -0.3 is 11.1 Å². The molecule has 2 aromatic rings. The van der Waals surface area contributed by atoms with E-state index < -0.39 is 0 Å². The first kappa shape index (κ1) is 13.2. The molecule has 0 radical (unpaired) electrons. The maximum Gasteiger partial charge on any atom is 0.0421 e. The monoisotopic (exact) mass is 252 g/mol. The molecule has 2 heteroatoms. The molecule has 2 aromatic carbocycles. The minimum atomic E-state index is 0.471. The molecule has 0 unspecified atom stereocenters. The van der Waals surface area contributed by atoms with Gasteiger partial charge in [0.05, 0.1) is 0 Å². The van der Waals surface area contributed by atoms with Gasteiger partial charge in [0.15, 0.2) is 0 Å². The van der Waals surface area contributed by atoms with Gasteiger partial charge in [0, 0.05) is 18.1 Å². The van der Waals surface area contributed by atoms with Gasteiger partial charge in [-0.05, 0) is 28.7 Å². The number of rotatable bonds is 4. The molecule has 0 aliphatic rings. The second kappa shape index (κ2) is 6.10. The van der Waals surface area contributed by atoms with E-state index in [1.807, 2.05) is 6.07 Å². The number of nitrogens with two attached hydrogens (primary N) is 1. The zero-order chi connectivity index (χ0) is 13.7. The highest BCUT2D eigenvalue weighted by Crippen LogP contribution is 2.30. The first-order valence-electron chi connectivity index (χ1n) is 6.55. The molecule has 0 atom stereocenters. The fourth-order valence-corrected chi connectivity index (χ4v) is 2.13. The van der Waals surface area contributed by atoms with Gasteiger partial charge in [0.25, 0.3) is 0 Å². The molecular weight excluding hydrogens is 232 g/mol. The highest BCUT2D eigenvalue weighted by Gasteiger charge is 2.07. The fraction of sp³-hybridized carbons (Fsp3) is 0.176. The van der Waals surface area contributed by atoms with Crippen molar-refractivity contribution in [1.82, 2.24) is 0 Å². The molecule has 0 bridgehead atoms. The van der Waals surface area contributed by atoms with Crippen molar-refractivity contribution < 1.29 is 0 Å². The van der Waals surface area contributed by atoms with Gasteiger partial charge in [-0.25, -0.2) is 0 Å². The average Bonchev–Trinajstić information content (AvgIpc) is 2.45. The van der Waals surface area contributed by atoms with Crippen LogP contribution in [0.25, 0.3) is 11.1 Å². The van der Waals surface area contributed by atoms with E-state index in [4.69, 9.17) is 5.73 Å². The molecule has 0 saturated heterocycles. The number of hydrogen-bond donors (Lipinski definition) is 2. The van der Waals surface area contributed by atoms with Crippen molar-refractivity contribution in [3.05, 3.63) is 66.5 Å². The Morgan fingerprint density at radius 3 is 2.37 bits per heavy atom. The summed E-state index contributed by atoms with van der Waals surface area (Å²) in [6.07, 6.45) is 3.27. The van der Waals surface area contributed by atoms with Gasteiger partial charge in [0.2, 0.25) is 0 Å². The molecule has 3 N–H and O–H groups in total. The Morgan fingerprint density at radius 2 is 1.74 bits per heavy atom. The van der Waals surface area contributed by atoms with E-state index in [2.05, 4.69) is 61.6 Å². The van der Waals surface area contributed by atoms with Crippen molar-refractivity contribution in [2.24, 2.45) is 5.73 Å². The molecule has 0 heterocycles. The normalized spacial score (nSPS) is 11.1. The topological polar surface area (TPSA) is 38.0 Å². The smallest absolute Gasteiger partial charge is 0.0421 e. The Labute approximate surface area is 115 Å². The maximum absolute atomic E-state index is 5.41. The summed E-state index contributed by atoms with van der Waals surface area (Å²) in [7, 11) is 0. The van der Waals surface area contributed by atoms with E-state index in [9.17, 15) is 0 Å². The van der Waals surface area contributed by atoms with Crippen molar-refractivity contribution in [3.63, 3.8) is 0 Å². The summed E-state index contributed by atoms with van der Waals surface area (Å²) in [4.78, 5) is 0. The summed E-state index contributed by atoms with van der Waals surface area (Å²) < 4.78 is 0. The first-order valence-corrected chi connectivity index (χ1v) is 6.55. The van der Waals surface area contributed by atoms with Gasteiger partial charge in [-0.15, -0.1) is 0 Å². The van der Waals surface area contributed by atoms with E-state index in [-0.39, 0.29) is 0 Å². The molecule has 98 valence electrons. The van der Waals surface area contributed by atoms with Crippen LogP contribution in [0.4, 0.5) is 5.69 Å². The van der Waals surface area contributed by atoms with Gasteiger partial charge in [-0.2, -0.15) is 0 Å². The van der Waals surface area contributed by atoms with Crippen molar-refractivity contribution in [2.75, 3.05) is 5.32 Å². The molecule has 0 aliphatic heterocycles. The highest BCUT2D eigenvalue weighted by molar-refractivity contribution is 5.70. The Balaban J connectivity index is 2.43. The summed E-state index contributed by atoms with van der Waals surface area (Å²) in [5, 5.41) is 3.25. The average molecular weight is 252 g/mol. The largest absolute Gasteiger partial charge is 0.403 e. The van der Waals surface area contributed by atoms with E-state index in [0.717, 1.165) is 5.69 Å². The lowest BCUT2D eigenvalue weighted by atomic mass is 9.96. The van der Waals surface area contributed by atoms with Crippen LogP contribution in [-0.4, -0.2) is 0 Å². The number of nitrogens with one attached hydrogen (secondary N) is 1. The Bertz CT molecular complexity index is 557. The third-order valence-electron chi connectivity index (χ3n) is 3.12. The summed E-state index contributed by atoms with van der Waals surface area (Å²) in [5.41, 5.74) is 10.2. The van der Waals surface area contributed by atoms with Gasteiger partial charge in [-0.1, -0.05) is 56.3 Å². The number of benzene rings is 2. The maximum atomic E-state index is 5.41. The SMILES string of the molecule is CC(C)c1ccc(-c2ccccc2)cc1N/C=C\N. The molecule has 0 aromatic heterocycles. The number of anilines is 1. The molecule has 0 amide bonds. The van der Waals surface area contributed by atoms with Crippen LogP contribution in [0, 0.1) is 0 Å². The lowest BCUT2D eigenvalue weighted by Crippen LogP contribution is -1.98. The lowest BCUT2D eigenvalue weighted by molar-refractivity contribution is 0.869. The van der Waals surface area contributed by atoms with Crippen molar-refractivity contribution in [3.8, 4) is 11.1 Å². The molecular formula is C17H20N2. The zero-order valence-electron chi connectivity index (χ0n) is 11.4. The van der Waals surface area contributed by atoms with Gasteiger partial charge >= 0.3 is 0 Å². The standard InChI is InChI=1S/C17H20N2/c1-13(2)16-9-8-15(12-17(16)19-11-10-18)14-6-4-3-5-7-14/h3-13,19H,18H2,1-2H3/b11-10-. The minimum absolute atomic E-state index is 0.471.